The highest BCUT2D eigenvalue weighted by molar-refractivity contribution is 6.74. The minimum Gasteiger partial charge on any atom is -0.417 e. The molecule has 1 rings (SSSR count). The lowest BCUT2D eigenvalue weighted by Gasteiger charge is -2.36. The van der Waals surface area contributed by atoms with Gasteiger partial charge in [0.1, 0.15) is 6.10 Å². The first-order valence-corrected chi connectivity index (χ1v) is 10.1. The van der Waals surface area contributed by atoms with E-state index < -0.39 is 8.32 Å². The van der Waals surface area contributed by atoms with Gasteiger partial charge in [0.2, 0.25) is 0 Å². The zero-order valence-corrected chi connectivity index (χ0v) is 13.8. The fraction of sp³-hybridized carbons (Fsp3) is 1.00. The van der Waals surface area contributed by atoms with Gasteiger partial charge in [-0.05, 0) is 37.4 Å². The van der Waals surface area contributed by atoms with Crippen LogP contribution in [-0.2, 0) is 9.16 Å². The number of aliphatic hydroxyl groups is 1. The van der Waals surface area contributed by atoms with Crippen molar-refractivity contribution in [2.24, 2.45) is 0 Å². The zero-order valence-electron chi connectivity index (χ0n) is 12.8. The molecule has 1 N–H and O–H groups in total. The smallest absolute Gasteiger partial charge is 0.191 e. The van der Waals surface area contributed by atoms with E-state index in [9.17, 15) is 5.11 Å². The van der Waals surface area contributed by atoms with Crippen LogP contribution in [0.3, 0.4) is 0 Å². The van der Waals surface area contributed by atoms with E-state index in [0.29, 0.717) is 0 Å². The second kappa shape index (κ2) is 6.03. The van der Waals surface area contributed by atoms with Crippen LogP contribution >= 0.6 is 0 Å². The van der Waals surface area contributed by atoms with E-state index in [0.717, 1.165) is 25.9 Å². The van der Waals surface area contributed by atoms with Gasteiger partial charge in [-0.25, -0.2) is 0 Å². The summed E-state index contributed by atoms with van der Waals surface area (Å²) in [5.74, 6) is 0. The summed E-state index contributed by atoms with van der Waals surface area (Å²) in [6.07, 6.45) is 2.89. The minimum absolute atomic E-state index is 0.0860. The van der Waals surface area contributed by atoms with Gasteiger partial charge in [0.15, 0.2) is 8.32 Å². The van der Waals surface area contributed by atoms with Crippen LogP contribution in [0, 0.1) is 0 Å². The molecule has 1 aliphatic heterocycles. The highest BCUT2D eigenvalue weighted by Crippen LogP contribution is 2.37. The van der Waals surface area contributed by atoms with Crippen molar-refractivity contribution in [1.29, 1.82) is 0 Å². The molecule has 1 aliphatic rings. The third-order valence-electron chi connectivity index (χ3n) is 4.32. The van der Waals surface area contributed by atoms with E-state index in [2.05, 4.69) is 33.9 Å². The molecule has 3 nitrogen and oxygen atoms in total. The van der Waals surface area contributed by atoms with Crippen LogP contribution in [0.25, 0.3) is 0 Å². The lowest BCUT2D eigenvalue weighted by molar-refractivity contribution is 0.131. The molecule has 0 spiro atoms. The molecule has 108 valence electrons. The molecule has 18 heavy (non-hydrogen) atoms. The van der Waals surface area contributed by atoms with Crippen LogP contribution in [0.5, 0.6) is 0 Å². The van der Waals surface area contributed by atoms with Gasteiger partial charge in [0.25, 0.3) is 0 Å². The van der Waals surface area contributed by atoms with Crippen LogP contribution in [0.4, 0.5) is 0 Å². The second-order valence-electron chi connectivity index (χ2n) is 6.87. The molecular weight excluding hydrogens is 244 g/mol. The first kappa shape index (κ1) is 16.2. The normalized spacial score (nSPS) is 26.2. The van der Waals surface area contributed by atoms with Crippen LogP contribution in [0.1, 0.15) is 47.0 Å². The Hall–Kier alpha value is 0.0969. The number of hydrogen-bond acceptors (Lipinski definition) is 3. The van der Waals surface area contributed by atoms with E-state index in [1.165, 1.54) is 0 Å². The third kappa shape index (κ3) is 4.33. The maximum absolute atomic E-state index is 9.61. The predicted molar refractivity (Wildman–Crippen MR) is 77.3 cm³/mol. The molecule has 0 bridgehead atoms. The number of rotatable bonds is 7. The van der Waals surface area contributed by atoms with Gasteiger partial charge in [-0.1, -0.05) is 27.7 Å². The molecule has 0 aliphatic carbocycles. The van der Waals surface area contributed by atoms with Crippen molar-refractivity contribution in [2.75, 3.05) is 6.61 Å². The Labute approximate surface area is 113 Å². The Morgan fingerprint density at radius 2 is 1.94 bits per heavy atom. The summed E-state index contributed by atoms with van der Waals surface area (Å²) in [4.78, 5) is 0. The Morgan fingerprint density at radius 3 is 2.44 bits per heavy atom. The molecule has 0 aromatic heterocycles. The maximum atomic E-state index is 9.61. The van der Waals surface area contributed by atoms with Crippen molar-refractivity contribution in [2.45, 2.75) is 83.4 Å². The number of ether oxygens (including phenoxy) is 1. The Kier molecular flexibility index (Phi) is 5.41. The Balaban J connectivity index is 2.14. The Morgan fingerprint density at radius 1 is 1.33 bits per heavy atom. The van der Waals surface area contributed by atoms with Gasteiger partial charge in [0.05, 0.1) is 12.2 Å². The van der Waals surface area contributed by atoms with Gasteiger partial charge in [-0.2, -0.15) is 0 Å². The predicted octanol–water partition coefficient (Wildman–Crippen LogP) is 3.33. The molecule has 1 heterocycles. The van der Waals surface area contributed by atoms with Gasteiger partial charge < -0.3 is 14.3 Å². The third-order valence-corrected chi connectivity index (χ3v) is 8.86. The number of aliphatic hydroxyl groups excluding tert-OH is 1. The van der Waals surface area contributed by atoms with Crippen molar-refractivity contribution in [3.63, 3.8) is 0 Å². The van der Waals surface area contributed by atoms with E-state index >= 15 is 0 Å². The van der Waals surface area contributed by atoms with Crippen LogP contribution in [0.15, 0.2) is 0 Å². The van der Waals surface area contributed by atoms with Gasteiger partial charge >= 0.3 is 0 Å². The zero-order chi connectivity index (χ0) is 14.0. The molecular formula is C14H30O3Si. The van der Waals surface area contributed by atoms with Crippen molar-refractivity contribution in [1.82, 2.24) is 0 Å². The summed E-state index contributed by atoms with van der Waals surface area (Å²) in [6, 6.07) is 0. The molecule has 4 heteroatoms. The lowest BCUT2D eigenvalue weighted by Crippen LogP contribution is -2.41. The average molecular weight is 274 g/mol. The molecule has 1 fully saturated rings. The fourth-order valence-corrected chi connectivity index (χ4v) is 2.88. The summed E-state index contributed by atoms with van der Waals surface area (Å²) in [6.45, 7) is 14.2. The van der Waals surface area contributed by atoms with E-state index in [1.54, 1.807) is 0 Å². The Bertz CT molecular complexity index is 260. The van der Waals surface area contributed by atoms with Gasteiger partial charge in [-0.3, -0.25) is 0 Å². The van der Waals surface area contributed by atoms with Crippen molar-refractivity contribution < 1.29 is 14.3 Å². The summed E-state index contributed by atoms with van der Waals surface area (Å²) >= 11 is 0. The molecule has 0 aromatic carbocycles. The first-order valence-electron chi connectivity index (χ1n) is 7.16. The van der Waals surface area contributed by atoms with E-state index in [4.69, 9.17) is 9.16 Å². The summed E-state index contributed by atoms with van der Waals surface area (Å²) < 4.78 is 11.6. The number of hydrogen-bond donors (Lipinski definition) is 1. The number of epoxide rings is 1. The van der Waals surface area contributed by atoms with E-state index in [1.807, 2.05) is 6.92 Å². The average Bonchev–Trinajstić information content (AvgIpc) is 3.01. The second-order valence-corrected chi connectivity index (χ2v) is 11.7. The highest BCUT2D eigenvalue weighted by Gasteiger charge is 2.43. The largest absolute Gasteiger partial charge is 0.417 e. The molecule has 0 amide bonds. The highest BCUT2D eigenvalue weighted by atomic mass is 28.4. The molecule has 1 saturated heterocycles. The molecule has 0 saturated carbocycles. The molecule has 0 radical (unpaired) electrons. The maximum Gasteiger partial charge on any atom is 0.191 e. The van der Waals surface area contributed by atoms with Gasteiger partial charge in [-0.15, -0.1) is 0 Å². The summed E-state index contributed by atoms with van der Waals surface area (Å²) in [5, 5.41) is 9.89. The van der Waals surface area contributed by atoms with Gasteiger partial charge in [0, 0.05) is 6.61 Å². The minimum atomic E-state index is -1.59. The summed E-state index contributed by atoms with van der Waals surface area (Å²) in [5.41, 5.74) is 0. The lowest BCUT2D eigenvalue weighted by atomic mass is 10.1. The quantitative estimate of drug-likeness (QED) is 0.440. The fourth-order valence-electron chi connectivity index (χ4n) is 1.79. The SMILES string of the molecule is CC[C@@H](O)[C@@H]1O[C@H]1CCCO[Si](C)(C)C(C)(C)C. The van der Waals surface area contributed by atoms with Crippen molar-refractivity contribution in [3.05, 3.63) is 0 Å². The van der Waals surface area contributed by atoms with E-state index in [-0.39, 0.29) is 23.4 Å². The molecule has 0 aromatic rings. The van der Waals surface area contributed by atoms with Crippen LogP contribution < -0.4 is 0 Å². The first-order chi connectivity index (χ1) is 8.19. The van der Waals surface area contributed by atoms with Crippen molar-refractivity contribution >= 4 is 8.32 Å². The monoisotopic (exact) mass is 274 g/mol. The van der Waals surface area contributed by atoms with Crippen molar-refractivity contribution in [3.8, 4) is 0 Å². The summed E-state index contributed by atoms with van der Waals surface area (Å²) in [7, 11) is -1.59. The molecule has 3 atom stereocenters. The standard InChI is InChI=1S/C14H30O3Si/c1-7-11(15)13-12(17-13)9-8-10-16-18(5,6)14(2,3)4/h11-13,15H,7-10H2,1-6H3/t11-,12+,13+/m1/s1. The topological polar surface area (TPSA) is 42.0 Å². The molecule has 0 unspecified atom stereocenters. The van der Waals surface area contributed by atoms with Crippen LogP contribution in [0.2, 0.25) is 18.1 Å². The van der Waals surface area contributed by atoms with Crippen LogP contribution in [-0.4, -0.2) is 38.3 Å².